The zero-order valence-corrected chi connectivity index (χ0v) is 17.2. The Bertz CT molecular complexity index is 1390. The topological polar surface area (TPSA) is 186 Å². The summed E-state index contributed by atoms with van der Waals surface area (Å²) in [7, 11) is 0. The van der Waals surface area contributed by atoms with Gasteiger partial charge in [-0.2, -0.15) is 0 Å². The first-order valence-corrected chi connectivity index (χ1v) is 9.58. The van der Waals surface area contributed by atoms with Crippen LogP contribution in [0, 0.1) is 0 Å². The number of carbonyl (C=O) groups is 5. The molecule has 168 valence electrons. The Kier molecular flexibility index (Phi) is 4.54. The van der Waals surface area contributed by atoms with Crippen LogP contribution in [-0.4, -0.2) is 54.4 Å². The van der Waals surface area contributed by atoms with Gasteiger partial charge in [-0.15, -0.1) is 0 Å². The van der Waals surface area contributed by atoms with E-state index in [1.165, 1.54) is 0 Å². The number of hydrogen-bond acceptors (Lipinski definition) is 10. The van der Waals surface area contributed by atoms with Gasteiger partial charge in [0, 0.05) is 22.8 Å². The number of Topliss-reactive ketones (excluding diaryl/α,β-unsaturated/α-hetero) is 3. The number of benzene rings is 2. The second-order valence-corrected chi connectivity index (χ2v) is 7.91. The molecular weight excluding hydrogens is 436 g/mol. The molecule has 0 unspecified atom stereocenters. The van der Waals surface area contributed by atoms with Crippen LogP contribution in [0.25, 0.3) is 5.76 Å². The fourth-order valence-corrected chi connectivity index (χ4v) is 4.40. The quantitative estimate of drug-likeness (QED) is 0.360. The van der Waals surface area contributed by atoms with Gasteiger partial charge < -0.3 is 25.5 Å². The number of fused-ring (bicyclic) bond motifs is 3. The number of aromatic hydroxyl groups is 3. The Morgan fingerprint density at radius 3 is 2.03 bits per heavy atom. The summed E-state index contributed by atoms with van der Waals surface area (Å²) in [6.45, 7) is 2.00. The van der Waals surface area contributed by atoms with E-state index >= 15 is 0 Å². The molecule has 10 nitrogen and oxygen atoms in total. The van der Waals surface area contributed by atoms with Gasteiger partial charge in [0.25, 0.3) is 0 Å². The number of phenols is 3. The third-order valence-corrected chi connectivity index (χ3v) is 5.74. The monoisotopic (exact) mass is 452 g/mol. The van der Waals surface area contributed by atoms with E-state index in [2.05, 4.69) is 0 Å². The molecule has 4 rings (SSSR count). The number of aliphatic hydroxyl groups is 2. The van der Waals surface area contributed by atoms with Crippen molar-refractivity contribution in [2.24, 2.45) is 0 Å². The Morgan fingerprint density at radius 1 is 0.848 bits per heavy atom. The molecule has 2 aromatic rings. The van der Waals surface area contributed by atoms with Gasteiger partial charge in [0.1, 0.15) is 28.8 Å². The molecule has 0 fully saturated rings. The van der Waals surface area contributed by atoms with Gasteiger partial charge in [0.2, 0.25) is 5.78 Å². The molecule has 0 saturated heterocycles. The number of ketones is 5. The first-order valence-electron chi connectivity index (χ1n) is 9.58. The predicted molar refractivity (Wildman–Crippen MR) is 109 cm³/mol. The van der Waals surface area contributed by atoms with Crippen molar-refractivity contribution in [2.45, 2.75) is 25.9 Å². The summed E-state index contributed by atoms with van der Waals surface area (Å²) in [4.78, 5) is 62.8. The van der Waals surface area contributed by atoms with E-state index in [9.17, 15) is 49.5 Å². The zero-order chi connectivity index (χ0) is 24.6. The molecular formula is C23H16O10. The lowest BCUT2D eigenvalue weighted by molar-refractivity contribution is -0.139. The predicted octanol–water partition coefficient (Wildman–Crippen LogP) is 1.19. The maximum absolute atomic E-state index is 13.1. The lowest BCUT2D eigenvalue weighted by atomic mass is 9.77. The van der Waals surface area contributed by atoms with Gasteiger partial charge in [-0.1, -0.05) is 0 Å². The van der Waals surface area contributed by atoms with Crippen molar-refractivity contribution in [3.05, 3.63) is 57.2 Å². The fourth-order valence-electron chi connectivity index (χ4n) is 4.40. The smallest absolute Gasteiger partial charge is 0.201 e. The van der Waals surface area contributed by atoms with Gasteiger partial charge in [-0.25, -0.2) is 0 Å². The summed E-state index contributed by atoms with van der Waals surface area (Å²) < 4.78 is 0. The summed E-state index contributed by atoms with van der Waals surface area (Å²) in [5.41, 5.74) is -6.90. The van der Waals surface area contributed by atoms with E-state index in [0.29, 0.717) is 0 Å². The molecule has 0 heterocycles. The molecule has 1 atom stereocenters. The number of rotatable bonds is 4. The van der Waals surface area contributed by atoms with Crippen LogP contribution < -0.4 is 0 Å². The highest BCUT2D eigenvalue weighted by Crippen LogP contribution is 2.52. The van der Waals surface area contributed by atoms with Crippen LogP contribution in [0.3, 0.4) is 0 Å². The van der Waals surface area contributed by atoms with E-state index < -0.39 is 103 Å². The highest BCUT2D eigenvalue weighted by molar-refractivity contribution is 6.31. The summed E-state index contributed by atoms with van der Waals surface area (Å²) in [6.07, 6.45) is -0.824. The third-order valence-electron chi connectivity index (χ3n) is 5.74. The minimum Gasteiger partial charge on any atom is -0.508 e. The highest BCUT2D eigenvalue weighted by atomic mass is 16.3. The van der Waals surface area contributed by atoms with Crippen LogP contribution in [0.15, 0.2) is 23.8 Å². The van der Waals surface area contributed by atoms with Crippen LogP contribution >= 0.6 is 0 Å². The Hall–Kier alpha value is -4.31. The highest BCUT2D eigenvalue weighted by Gasteiger charge is 2.54. The summed E-state index contributed by atoms with van der Waals surface area (Å²) in [5.74, 6) is -8.00. The number of carbonyl (C=O) groups excluding carboxylic acids is 5. The van der Waals surface area contributed by atoms with Gasteiger partial charge in [0.15, 0.2) is 23.0 Å². The van der Waals surface area contributed by atoms with Gasteiger partial charge in [0.05, 0.1) is 28.7 Å². The van der Waals surface area contributed by atoms with Crippen molar-refractivity contribution in [2.75, 3.05) is 0 Å². The lowest BCUT2D eigenvalue weighted by Gasteiger charge is -2.27. The molecule has 0 saturated carbocycles. The zero-order valence-electron chi connectivity index (χ0n) is 17.2. The molecule has 0 radical (unpaired) electrons. The largest absolute Gasteiger partial charge is 0.508 e. The van der Waals surface area contributed by atoms with E-state index in [0.717, 1.165) is 32.0 Å². The molecule has 2 aliphatic rings. The number of phenolic OH excluding ortho intramolecular Hbond substituents is 3. The van der Waals surface area contributed by atoms with Gasteiger partial charge >= 0.3 is 0 Å². The second-order valence-electron chi connectivity index (χ2n) is 7.91. The molecule has 0 spiro atoms. The average Bonchev–Trinajstić information content (AvgIpc) is 2.93. The van der Waals surface area contributed by atoms with E-state index in [1.54, 1.807) is 0 Å². The van der Waals surface area contributed by atoms with Crippen LogP contribution in [0.2, 0.25) is 0 Å². The molecule has 5 N–H and O–H groups in total. The van der Waals surface area contributed by atoms with Crippen LogP contribution in [0.5, 0.6) is 17.2 Å². The van der Waals surface area contributed by atoms with Gasteiger partial charge in [-0.3, -0.25) is 24.0 Å². The van der Waals surface area contributed by atoms with Crippen LogP contribution in [-0.2, 0) is 20.0 Å². The fraction of sp³-hybridized carbons (Fsp3) is 0.174. The van der Waals surface area contributed by atoms with E-state index in [4.69, 9.17) is 0 Å². The van der Waals surface area contributed by atoms with E-state index in [-0.39, 0.29) is 0 Å². The molecule has 0 bridgehead atoms. The van der Waals surface area contributed by atoms with Crippen molar-refractivity contribution in [3.8, 4) is 17.2 Å². The number of hydrogen-bond donors (Lipinski definition) is 5. The van der Waals surface area contributed by atoms with Crippen molar-refractivity contribution in [1.82, 2.24) is 0 Å². The molecule has 2 aliphatic carbocycles. The minimum atomic E-state index is -2.87. The maximum atomic E-state index is 13.1. The Morgan fingerprint density at radius 2 is 1.45 bits per heavy atom. The minimum absolute atomic E-state index is 0.398. The molecule has 0 aromatic heterocycles. The summed E-state index contributed by atoms with van der Waals surface area (Å²) in [6, 6.07) is 2.62. The molecule has 0 amide bonds. The summed E-state index contributed by atoms with van der Waals surface area (Å²) >= 11 is 0. The first kappa shape index (κ1) is 21.9. The standard InChI is InChI=1S/C23H16O10/c1-7(24)3-14(28)23(33)12-6-11-16(21(31)17(12)22(32)18(23)8(2)25)20(30)15-10(19(11)29)4-9(26)5-13(15)27/h4-6,26-27,31-33H,3H2,1-2H3/t23-/m0/s1. The van der Waals surface area contributed by atoms with Crippen LogP contribution in [0.4, 0.5) is 0 Å². The third kappa shape index (κ3) is 2.74. The SMILES string of the molecule is CC(=O)CC(=O)[C@]1(O)C(C(C)=O)=C(O)c2c1cc1c(c2O)C(=O)c2c(O)cc(O)cc2C1=O. The van der Waals surface area contributed by atoms with Gasteiger partial charge in [-0.05, 0) is 26.0 Å². The lowest BCUT2D eigenvalue weighted by Crippen LogP contribution is -2.39. The summed E-state index contributed by atoms with van der Waals surface area (Å²) in [5, 5.41) is 52.7. The van der Waals surface area contributed by atoms with Crippen molar-refractivity contribution in [1.29, 1.82) is 0 Å². The normalized spacial score (nSPS) is 18.6. The number of aliphatic hydroxyl groups excluding tert-OH is 1. The second kappa shape index (κ2) is 6.84. The van der Waals surface area contributed by atoms with Crippen LogP contribution in [0.1, 0.15) is 63.2 Å². The van der Waals surface area contributed by atoms with Crippen molar-refractivity contribution < 1.29 is 49.5 Å². The maximum Gasteiger partial charge on any atom is 0.201 e. The van der Waals surface area contributed by atoms with Crippen molar-refractivity contribution >= 4 is 34.7 Å². The Balaban J connectivity index is 2.08. The molecule has 0 aliphatic heterocycles. The van der Waals surface area contributed by atoms with E-state index in [1.807, 2.05) is 0 Å². The molecule has 33 heavy (non-hydrogen) atoms. The average molecular weight is 452 g/mol. The Labute approximate surface area is 185 Å². The van der Waals surface area contributed by atoms with Crippen molar-refractivity contribution in [3.63, 3.8) is 0 Å². The molecule has 10 heteroatoms. The first-order chi connectivity index (χ1) is 15.3. The molecule has 2 aromatic carbocycles.